The van der Waals surface area contributed by atoms with Gasteiger partial charge in [-0.2, -0.15) is 0 Å². The second kappa shape index (κ2) is 7.49. The fourth-order valence-electron chi connectivity index (χ4n) is 2.66. The molecule has 1 heterocycles. The molecule has 3 rings (SSSR count). The van der Waals surface area contributed by atoms with Crippen LogP contribution in [0.25, 0.3) is 0 Å². The van der Waals surface area contributed by atoms with Gasteiger partial charge in [0.25, 0.3) is 0 Å². The molecular formula is C19H18ClFN2O. The lowest BCUT2D eigenvalue weighted by Gasteiger charge is -2.23. The highest BCUT2D eigenvalue weighted by molar-refractivity contribution is 6.30. The minimum atomic E-state index is -0.286. The predicted octanol–water partition coefficient (Wildman–Crippen LogP) is 3.70. The number of rotatable bonds is 4. The Morgan fingerprint density at radius 2 is 1.62 bits per heavy atom. The van der Waals surface area contributed by atoms with Crippen LogP contribution in [0.4, 0.5) is 4.39 Å². The lowest BCUT2D eigenvalue weighted by Crippen LogP contribution is -2.37. The Hall–Kier alpha value is -2.33. The quantitative estimate of drug-likeness (QED) is 0.656. The van der Waals surface area contributed by atoms with Gasteiger partial charge in [0.2, 0.25) is 0 Å². The summed E-state index contributed by atoms with van der Waals surface area (Å²) >= 11 is 5.91. The van der Waals surface area contributed by atoms with Crippen LogP contribution in [-0.4, -0.2) is 18.9 Å². The predicted molar refractivity (Wildman–Crippen MR) is 93.5 cm³/mol. The number of nitrogens with one attached hydrogen (secondary N) is 2. The molecule has 2 aromatic carbocycles. The molecule has 124 valence electrons. The van der Waals surface area contributed by atoms with E-state index in [1.54, 1.807) is 36.4 Å². The molecule has 5 heteroatoms. The van der Waals surface area contributed by atoms with Gasteiger partial charge in [0, 0.05) is 35.7 Å². The summed E-state index contributed by atoms with van der Waals surface area (Å²) in [4.78, 5) is 13.0. The molecule has 0 bridgehead atoms. The Kier molecular flexibility index (Phi) is 5.16. The summed E-state index contributed by atoms with van der Waals surface area (Å²) in [6.07, 6.45) is 1.43. The number of carbonyl (C=O) groups excluding carboxylic acids is 1. The molecule has 0 radical (unpaired) electrons. The standard InChI is InChI=1S/C19H18ClFN2O/c20-15-6-4-14(5-7-15)18(24)17(19-22-10-1-11-23-19)12-13-2-8-16(21)9-3-13/h2-9,22-23H,1,10-12H2. The first-order valence-electron chi connectivity index (χ1n) is 7.89. The summed E-state index contributed by atoms with van der Waals surface area (Å²) in [5.41, 5.74) is 2.11. The van der Waals surface area contributed by atoms with Gasteiger partial charge in [0.1, 0.15) is 11.6 Å². The van der Waals surface area contributed by atoms with Gasteiger partial charge in [0.15, 0.2) is 5.78 Å². The van der Waals surface area contributed by atoms with Gasteiger partial charge in [-0.3, -0.25) is 4.79 Å². The molecule has 0 amide bonds. The SMILES string of the molecule is O=C(C(Cc1ccc(F)cc1)=C1NCCCN1)c1ccc(Cl)cc1. The number of hydrogen-bond acceptors (Lipinski definition) is 3. The largest absolute Gasteiger partial charge is 0.371 e. The Morgan fingerprint density at radius 1 is 1.00 bits per heavy atom. The molecule has 0 aliphatic carbocycles. The van der Waals surface area contributed by atoms with Crippen molar-refractivity contribution in [2.75, 3.05) is 13.1 Å². The number of carbonyl (C=O) groups is 1. The molecule has 1 aliphatic heterocycles. The second-order valence-corrected chi connectivity index (χ2v) is 6.14. The minimum absolute atomic E-state index is 0.0621. The molecular weight excluding hydrogens is 327 g/mol. The van der Waals surface area contributed by atoms with E-state index in [0.717, 1.165) is 30.9 Å². The average Bonchev–Trinajstić information content (AvgIpc) is 2.62. The van der Waals surface area contributed by atoms with Gasteiger partial charge in [-0.05, 0) is 48.4 Å². The monoisotopic (exact) mass is 344 g/mol. The average molecular weight is 345 g/mol. The maximum Gasteiger partial charge on any atom is 0.192 e. The molecule has 0 atom stereocenters. The Balaban J connectivity index is 1.93. The highest BCUT2D eigenvalue weighted by Gasteiger charge is 2.19. The zero-order valence-electron chi connectivity index (χ0n) is 13.1. The summed E-state index contributed by atoms with van der Waals surface area (Å²) in [5.74, 6) is 0.407. The molecule has 0 saturated carbocycles. The van der Waals surface area contributed by atoms with Gasteiger partial charge in [-0.15, -0.1) is 0 Å². The molecule has 1 aliphatic rings. The normalized spacial score (nSPS) is 13.8. The van der Waals surface area contributed by atoms with Crippen LogP contribution in [0.5, 0.6) is 0 Å². The Bertz CT molecular complexity index is 746. The summed E-state index contributed by atoms with van der Waals surface area (Å²) in [6, 6.07) is 13.1. The highest BCUT2D eigenvalue weighted by Crippen LogP contribution is 2.19. The van der Waals surface area contributed by atoms with Gasteiger partial charge in [-0.25, -0.2) is 4.39 Å². The van der Waals surface area contributed by atoms with E-state index in [4.69, 9.17) is 11.6 Å². The number of halogens is 2. The van der Waals surface area contributed by atoms with Crippen molar-refractivity contribution in [3.05, 3.63) is 81.9 Å². The third-order valence-electron chi connectivity index (χ3n) is 3.93. The van der Waals surface area contributed by atoms with Crippen molar-refractivity contribution in [2.24, 2.45) is 0 Å². The van der Waals surface area contributed by atoms with Gasteiger partial charge in [0.05, 0.1) is 0 Å². The fraction of sp³-hybridized carbons (Fsp3) is 0.211. The summed E-state index contributed by atoms with van der Waals surface area (Å²) in [7, 11) is 0. The fourth-order valence-corrected chi connectivity index (χ4v) is 2.78. The van der Waals surface area contributed by atoms with E-state index in [1.807, 2.05) is 0 Å². The number of hydrogen-bond donors (Lipinski definition) is 2. The van der Waals surface area contributed by atoms with Crippen molar-refractivity contribution in [1.29, 1.82) is 0 Å². The topological polar surface area (TPSA) is 41.1 Å². The third kappa shape index (κ3) is 3.95. The molecule has 2 aromatic rings. The van der Waals surface area contributed by atoms with Gasteiger partial charge < -0.3 is 10.6 Å². The van der Waals surface area contributed by atoms with Crippen molar-refractivity contribution in [3.8, 4) is 0 Å². The smallest absolute Gasteiger partial charge is 0.192 e. The second-order valence-electron chi connectivity index (χ2n) is 5.70. The molecule has 0 spiro atoms. The van der Waals surface area contributed by atoms with Crippen LogP contribution < -0.4 is 10.6 Å². The minimum Gasteiger partial charge on any atom is -0.371 e. The van der Waals surface area contributed by atoms with Gasteiger partial charge in [-0.1, -0.05) is 23.7 Å². The summed E-state index contributed by atoms with van der Waals surface area (Å²) < 4.78 is 13.1. The van der Waals surface area contributed by atoms with E-state index in [2.05, 4.69) is 10.6 Å². The van der Waals surface area contributed by atoms with Crippen LogP contribution in [0, 0.1) is 5.82 Å². The summed E-state index contributed by atoms with van der Waals surface area (Å²) in [6.45, 7) is 1.65. The molecule has 0 unspecified atom stereocenters. The first-order valence-corrected chi connectivity index (χ1v) is 8.27. The van der Waals surface area contributed by atoms with Crippen molar-refractivity contribution in [3.63, 3.8) is 0 Å². The lowest BCUT2D eigenvalue weighted by atomic mass is 9.96. The zero-order valence-corrected chi connectivity index (χ0v) is 13.9. The van der Waals surface area contributed by atoms with Crippen molar-refractivity contribution in [1.82, 2.24) is 10.6 Å². The molecule has 1 saturated heterocycles. The van der Waals surface area contributed by atoms with Crippen molar-refractivity contribution >= 4 is 17.4 Å². The van der Waals surface area contributed by atoms with Crippen LogP contribution in [0.15, 0.2) is 59.9 Å². The summed E-state index contributed by atoms with van der Waals surface area (Å²) in [5, 5.41) is 7.11. The maximum absolute atomic E-state index is 13.1. The first kappa shape index (κ1) is 16.5. The lowest BCUT2D eigenvalue weighted by molar-refractivity contribution is 0.102. The molecule has 0 aromatic heterocycles. The number of Topliss-reactive ketones (excluding diaryl/α,β-unsaturated/α-hetero) is 1. The Labute approximate surface area is 145 Å². The highest BCUT2D eigenvalue weighted by atomic mass is 35.5. The number of benzene rings is 2. The van der Waals surface area contributed by atoms with Gasteiger partial charge >= 0.3 is 0 Å². The van der Waals surface area contributed by atoms with Crippen LogP contribution >= 0.6 is 11.6 Å². The molecule has 1 fully saturated rings. The Morgan fingerprint density at radius 3 is 2.25 bits per heavy atom. The van der Waals surface area contributed by atoms with E-state index < -0.39 is 0 Å². The molecule has 2 N–H and O–H groups in total. The van der Waals surface area contributed by atoms with E-state index in [0.29, 0.717) is 22.6 Å². The third-order valence-corrected chi connectivity index (χ3v) is 4.19. The van der Waals surface area contributed by atoms with E-state index in [9.17, 15) is 9.18 Å². The van der Waals surface area contributed by atoms with E-state index in [1.165, 1.54) is 12.1 Å². The number of allylic oxidation sites excluding steroid dienone is 1. The van der Waals surface area contributed by atoms with Crippen molar-refractivity contribution in [2.45, 2.75) is 12.8 Å². The molecule has 24 heavy (non-hydrogen) atoms. The van der Waals surface area contributed by atoms with E-state index >= 15 is 0 Å². The van der Waals surface area contributed by atoms with Crippen LogP contribution in [0.1, 0.15) is 22.3 Å². The first-order chi connectivity index (χ1) is 11.6. The van der Waals surface area contributed by atoms with Crippen LogP contribution in [-0.2, 0) is 6.42 Å². The van der Waals surface area contributed by atoms with Crippen LogP contribution in [0.3, 0.4) is 0 Å². The number of ketones is 1. The maximum atomic E-state index is 13.1. The van der Waals surface area contributed by atoms with E-state index in [-0.39, 0.29) is 11.6 Å². The zero-order chi connectivity index (χ0) is 16.9. The molecule has 3 nitrogen and oxygen atoms in total. The van der Waals surface area contributed by atoms with Crippen LogP contribution in [0.2, 0.25) is 5.02 Å². The van der Waals surface area contributed by atoms with Crippen molar-refractivity contribution < 1.29 is 9.18 Å².